The fourth-order valence-electron chi connectivity index (χ4n) is 0.935. The molecule has 0 heterocycles. The van der Waals surface area contributed by atoms with Crippen LogP contribution in [-0.4, -0.2) is 17.3 Å². The van der Waals surface area contributed by atoms with E-state index >= 15 is 0 Å². The Morgan fingerprint density at radius 1 is 1.46 bits per heavy atom. The SMILES string of the molecule is CN(O)Cc1ccc(F)c(Cl)c1F. The van der Waals surface area contributed by atoms with E-state index < -0.39 is 16.7 Å². The molecule has 2 nitrogen and oxygen atoms in total. The molecule has 0 aliphatic rings. The second kappa shape index (κ2) is 4.00. The molecule has 1 aromatic carbocycles. The molecule has 0 bridgehead atoms. The molecule has 0 saturated heterocycles. The normalized spacial score (nSPS) is 10.9. The molecule has 1 N–H and O–H groups in total. The molecule has 72 valence electrons. The van der Waals surface area contributed by atoms with Crippen molar-refractivity contribution in [1.29, 1.82) is 0 Å². The molecule has 0 saturated carbocycles. The number of rotatable bonds is 2. The van der Waals surface area contributed by atoms with Crippen molar-refractivity contribution in [3.05, 3.63) is 34.4 Å². The summed E-state index contributed by atoms with van der Waals surface area (Å²) in [6, 6.07) is 2.30. The monoisotopic (exact) mass is 207 g/mol. The zero-order valence-corrected chi connectivity index (χ0v) is 7.65. The van der Waals surface area contributed by atoms with E-state index in [0.717, 1.165) is 11.1 Å². The Kier molecular flexibility index (Phi) is 3.19. The summed E-state index contributed by atoms with van der Waals surface area (Å²) in [5.74, 6) is -1.63. The number of halogens is 3. The van der Waals surface area contributed by atoms with Crippen molar-refractivity contribution in [3.8, 4) is 0 Å². The molecular formula is C8H8ClF2NO. The van der Waals surface area contributed by atoms with Crippen LogP contribution >= 0.6 is 11.6 Å². The minimum Gasteiger partial charge on any atom is -0.314 e. The quantitative estimate of drug-likeness (QED) is 0.595. The minimum atomic E-state index is -0.831. The maximum absolute atomic E-state index is 13.1. The molecule has 1 rings (SSSR count). The lowest BCUT2D eigenvalue weighted by Gasteiger charge is -2.09. The van der Waals surface area contributed by atoms with Crippen LogP contribution in [0.3, 0.4) is 0 Å². The van der Waals surface area contributed by atoms with Crippen molar-refractivity contribution in [3.63, 3.8) is 0 Å². The van der Waals surface area contributed by atoms with Gasteiger partial charge in [0.1, 0.15) is 16.7 Å². The molecule has 0 radical (unpaired) electrons. The smallest absolute Gasteiger partial charge is 0.149 e. The van der Waals surface area contributed by atoms with Crippen LogP contribution in [-0.2, 0) is 6.54 Å². The second-order valence-electron chi connectivity index (χ2n) is 2.65. The summed E-state index contributed by atoms with van der Waals surface area (Å²) in [4.78, 5) is 0. The predicted octanol–water partition coefficient (Wildman–Crippen LogP) is 2.44. The summed E-state index contributed by atoms with van der Waals surface area (Å²) in [6.45, 7) is -0.0359. The Labute approximate surface area is 79.3 Å². The predicted molar refractivity (Wildman–Crippen MR) is 44.6 cm³/mol. The maximum atomic E-state index is 13.1. The van der Waals surface area contributed by atoms with Crippen molar-refractivity contribution >= 4 is 11.6 Å². The van der Waals surface area contributed by atoms with Crippen LogP contribution < -0.4 is 0 Å². The first-order chi connectivity index (χ1) is 6.02. The number of hydrogen-bond donors (Lipinski definition) is 1. The molecule has 1 aromatic rings. The van der Waals surface area contributed by atoms with Crippen LogP contribution in [0.25, 0.3) is 0 Å². The van der Waals surface area contributed by atoms with Gasteiger partial charge < -0.3 is 5.21 Å². The third-order valence-electron chi connectivity index (χ3n) is 1.51. The molecule has 0 amide bonds. The third-order valence-corrected chi connectivity index (χ3v) is 1.86. The van der Waals surface area contributed by atoms with Crippen molar-refractivity contribution in [1.82, 2.24) is 5.06 Å². The van der Waals surface area contributed by atoms with Crippen LogP contribution in [0.4, 0.5) is 8.78 Å². The topological polar surface area (TPSA) is 23.5 Å². The molecule has 13 heavy (non-hydrogen) atoms. The van der Waals surface area contributed by atoms with Gasteiger partial charge in [-0.25, -0.2) is 8.78 Å². The summed E-state index contributed by atoms with van der Waals surface area (Å²) in [7, 11) is 1.36. The van der Waals surface area contributed by atoms with Gasteiger partial charge in [-0.2, -0.15) is 5.06 Å². The van der Waals surface area contributed by atoms with E-state index in [4.69, 9.17) is 16.8 Å². The van der Waals surface area contributed by atoms with Crippen molar-refractivity contribution < 1.29 is 14.0 Å². The van der Waals surface area contributed by atoms with Gasteiger partial charge in [-0.3, -0.25) is 0 Å². The van der Waals surface area contributed by atoms with Crippen molar-refractivity contribution in [2.75, 3.05) is 7.05 Å². The molecule has 0 aliphatic heterocycles. The molecule has 0 aromatic heterocycles. The lowest BCUT2D eigenvalue weighted by atomic mass is 10.2. The van der Waals surface area contributed by atoms with Gasteiger partial charge in [0.25, 0.3) is 0 Å². The van der Waals surface area contributed by atoms with Gasteiger partial charge in [-0.05, 0) is 6.07 Å². The lowest BCUT2D eigenvalue weighted by molar-refractivity contribution is -0.0738. The van der Waals surface area contributed by atoms with Crippen LogP contribution in [0, 0.1) is 11.6 Å². The minimum absolute atomic E-state index is 0.0359. The van der Waals surface area contributed by atoms with E-state index in [9.17, 15) is 8.78 Å². The molecule has 0 atom stereocenters. The molecule has 0 unspecified atom stereocenters. The largest absolute Gasteiger partial charge is 0.314 e. The zero-order valence-electron chi connectivity index (χ0n) is 6.89. The van der Waals surface area contributed by atoms with E-state index in [-0.39, 0.29) is 12.1 Å². The number of hydroxylamine groups is 2. The molecule has 0 fully saturated rings. The summed E-state index contributed by atoms with van der Waals surface area (Å²) in [5, 5.41) is 9.06. The standard InChI is InChI=1S/C8H8ClF2NO/c1-12(13)4-5-2-3-6(10)7(9)8(5)11/h2-3,13H,4H2,1H3. The lowest BCUT2D eigenvalue weighted by Crippen LogP contribution is -2.13. The van der Waals surface area contributed by atoms with E-state index in [2.05, 4.69) is 0 Å². The van der Waals surface area contributed by atoms with Gasteiger partial charge in [0.2, 0.25) is 0 Å². The zero-order chi connectivity index (χ0) is 10.0. The first-order valence-corrected chi connectivity index (χ1v) is 3.92. The summed E-state index contributed by atoms with van der Waals surface area (Å²) in [6.07, 6.45) is 0. The third kappa shape index (κ3) is 2.37. The first-order valence-electron chi connectivity index (χ1n) is 3.54. The fraction of sp³-hybridized carbons (Fsp3) is 0.250. The fourth-order valence-corrected chi connectivity index (χ4v) is 1.12. The Hall–Kier alpha value is -0.710. The highest BCUT2D eigenvalue weighted by Gasteiger charge is 2.11. The van der Waals surface area contributed by atoms with Gasteiger partial charge in [0.15, 0.2) is 0 Å². The van der Waals surface area contributed by atoms with E-state index in [1.165, 1.54) is 13.1 Å². The second-order valence-corrected chi connectivity index (χ2v) is 3.03. The van der Waals surface area contributed by atoms with E-state index in [0.29, 0.717) is 0 Å². The van der Waals surface area contributed by atoms with Crippen LogP contribution in [0.5, 0.6) is 0 Å². The molecular weight excluding hydrogens is 200 g/mol. The van der Waals surface area contributed by atoms with E-state index in [1.54, 1.807) is 0 Å². The molecule has 0 aliphatic carbocycles. The Balaban J connectivity index is 3.04. The Morgan fingerprint density at radius 3 is 2.62 bits per heavy atom. The van der Waals surface area contributed by atoms with Gasteiger partial charge >= 0.3 is 0 Å². The highest BCUT2D eigenvalue weighted by molar-refractivity contribution is 6.30. The summed E-state index contributed by atoms with van der Waals surface area (Å²) < 4.78 is 25.8. The average Bonchev–Trinajstić information content (AvgIpc) is 2.06. The molecule has 0 spiro atoms. The van der Waals surface area contributed by atoms with Gasteiger partial charge in [0.05, 0.1) is 6.54 Å². The Morgan fingerprint density at radius 2 is 2.08 bits per heavy atom. The van der Waals surface area contributed by atoms with Gasteiger partial charge in [0, 0.05) is 12.6 Å². The highest BCUT2D eigenvalue weighted by atomic mass is 35.5. The summed E-state index contributed by atoms with van der Waals surface area (Å²) in [5.41, 5.74) is 0.149. The number of nitrogens with zero attached hydrogens (tertiary/aromatic N) is 1. The van der Waals surface area contributed by atoms with E-state index in [1.807, 2.05) is 0 Å². The number of hydrogen-bond acceptors (Lipinski definition) is 2. The summed E-state index contributed by atoms with van der Waals surface area (Å²) >= 11 is 5.32. The van der Waals surface area contributed by atoms with Gasteiger partial charge in [-0.15, -0.1) is 0 Å². The number of benzene rings is 1. The average molecular weight is 208 g/mol. The Bertz CT molecular complexity index is 317. The van der Waals surface area contributed by atoms with Crippen LogP contribution in [0.2, 0.25) is 5.02 Å². The van der Waals surface area contributed by atoms with Crippen molar-refractivity contribution in [2.45, 2.75) is 6.54 Å². The maximum Gasteiger partial charge on any atom is 0.149 e. The van der Waals surface area contributed by atoms with Crippen LogP contribution in [0.1, 0.15) is 5.56 Å². The first kappa shape index (κ1) is 10.4. The van der Waals surface area contributed by atoms with Crippen molar-refractivity contribution in [2.24, 2.45) is 0 Å². The molecule has 5 heteroatoms. The van der Waals surface area contributed by atoms with Crippen LogP contribution in [0.15, 0.2) is 12.1 Å². The van der Waals surface area contributed by atoms with Gasteiger partial charge in [-0.1, -0.05) is 17.7 Å². The highest BCUT2D eigenvalue weighted by Crippen LogP contribution is 2.22.